The number of aryl methyl sites for hydroxylation is 1. The van der Waals surface area contributed by atoms with E-state index in [4.69, 9.17) is 4.74 Å². The summed E-state index contributed by atoms with van der Waals surface area (Å²) in [6.07, 6.45) is 0. The smallest absolute Gasteiger partial charge is 0.270 e. The molecular formula is C22H25N5O5S. The molecule has 33 heavy (non-hydrogen) atoms. The molecule has 2 aromatic carbocycles. The van der Waals surface area contributed by atoms with Gasteiger partial charge in [0, 0.05) is 25.2 Å². The Kier molecular flexibility index (Phi) is 6.45. The zero-order chi connectivity index (χ0) is 23.6. The first-order valence-electron chi connectivity index (χ1n) is 10.6. The molecule has 1 aliphatic heterocycles. The SMILES string of the molecule is CCn1c(NNC(=O)c2cc(S(=O)(=O)N3CCOCC3)ccc2C)nc2ccccc2c1=O. The van der Waals surface area contributed by atoms with Crippen LogP contribution in [0, 0.1) is 6.92 Å². The lowest BCUT2D eigenvalue weighted by atomic mass is 10.1. The third-order valence-electron chi connectivity index (χ3n) is 5.53. The molecule has 0 atom stereocenters. The van der Waals surface area contributed by atoms with Crippen molar-refractivity contribution in [1.82, 2.24) is 19.3 Å². The van der Waals surface area contributed by atoms with Gasteiger partial charge in [0.05, 0.1) is 29.0 Å². The number of aromatic nitrogens is 2. The molecule has 1 amide bonds. The largest absolute Gasteiger partial charge is 0.379 e. The molecule has 2 heterocycles. The first-order valence-corrected chi connectivity index (χ1v) is 12.0. The molecule has 0 spiro atoms. The highest BCUT2D eigenvalue weighted by molar-refractivity contribution is 7.89. The van der Waals surface area contributed by atoms with Crippen molar-refractivity contribution in [1.29, 1.82) is 0 Å². The molecule has 10 nitrogen and oxygen atoms in total. The van der Waals surface area contributed by atoms with Crippen LogP contribution in [0.3, 0.4) is 0 Å². The maximum atomic E-state index is 13.0. The van der Waals surface area contributed by atoms with Crippen molar-refractivity contribution in [2.45, 2.75) is 25.3 Å². The van der Waals surface area contributed by atoms with Gasteiger partial charge in [-0.2, -0.15) is 4.31 Å². The third kappa shape index (κ3) is 4.47. The van der Waals surface area contributed by atoms with Crippen molar-refractivity contribution in [3.8, 4) is 0 Å². The number of rotatable bonds is 6. The maximum Gasteiger partial charge on any atom is 0.270 e. The van der Waals surface area contributed by atoms with Crippen molar-refractivity contribution in [2.24, 2.45) is 0 Å². The zero-order valence-electron chi connectivity index (χ0n) is 18.4. The number of nitrogens with one attached hydrogen (secondary N) is 2. The fraction of sp³-hybridized carbons (Fsp3) is 0.318. The van der Waals surface area contributed by atoms with Gasteiger partial charge in [-0.05, 0) is 43.7 Å². The highest BCUT2D eigenvalue weighted by atomic mass is 32.2. The van der Waals surface area contributed by atoms with Gasteiger partial charge >= 0.3 is 0 Å². The first-order chi connectivity index (χ1) is 15.8. The summed E-state index contributed by atoms with van der Waals surface area (Å²) in [5, 5.41) is 0.480. The van der Waals surface area contributed by atoms with Crippen LogP contribution in [-0.2, 0) is 21.3 Å². The van der Waals surface area contributed by atoms with Crippen LogP contribution in [0.15, 0.2) is 52.2 Å². The number of amides is 1. The normalized spacial score (nSPS) is 14.8. The predicted molar refractivity (Wildman–Crippen MR) is 124 cm³/mol. The van der Waals surface area contributed by atoms with Gasteiger partial charge in [-0.25, -0.2) is 13.4 Å². The topological polar surface area (TPSA) is 123 Å². The lowest BCUT2D eigenvalue weighted by Crippen LogP contribution is -2.40. The minimum Gasteiger partial charge on any atom is -0.379 e. The number of carbonyl (C=O) groups excluding carboxylic acids is 1. The second-order valence-corrected chi connectivity index (χ2v) is 9.51. The van der Waals surface area contributed by atoms with Crippen molar-refractivity contribution in [3.63, 3.8) is 0 Å². The molecule has 0 bridgehead atoms. The summed E-state index contributed by atoms with van der Waals surface area (Å²) in [5.74, 6) is -0.360. The highest BCUT2D eigenvalue weighted by Gasteiger charge is 2.27. The molecule has 11 heteroatoms. The number of fused-ring (bicyclic) bond motifs is 1. The van der Waals surface area contributed by atoms with E-state index in [0.717, 1.165) is 0 Å². The molecule has 174 valence electrons. The standard InChI is InChI=1S/C22H25N5O5S/c1-3-27-21(29)17-6-4-5-7-19(17)23-22(27)25-24-20(28)18-14-16(9-8-15(18)2)33(30,31)26-10-12-32-13-11-26/h4-9,14H,3,10-13H2,1-2H3,(H,23,25)(H,24,28). The molecule has 4 rings (SSSR count). The lowest BCUT2D eigenvalue weighted by Gasteiger charge is -2.26. The van der Waals surface area contributed by atoms with E-state index >= 15 is 0 Å². The Labute approximate surface area is 191 Å². The molecule has 1 saturated heterocycles. The number of sulfonamides is 1. The summed E-state index contributed by atoms with van der Waals surface area (Å²) in [4.78, 5) is 30.1. The number of hydrogen-bond acceptors (Lipinski definition) is 7. The molecule has 0 aliphatic carbocycles. The van der Waals surface area contributed by atoms with Gasteiger partial charge < -0.3 is 4.74 Å². The third-order valence-corrected chi connectivity index (χ3v) is 7.42. The number of morpholine rings is 1. The van der Waals surface area contributed by atoms with Crippen LogP contribution in [-0.4, -0.2) is 54.5 Å². The molecule has 0 saturated carbocycles. The van der Waals surface area contributed by atoms with E-state index in [1.807, 2.05) is 0 Å². The van der Waals surface area contributed by atoms with E-state index in [9.17, 15) is 18.0 Å². The van der Waals surface area contributed by atoms with E-state index < -0.39 is 15.9 Å². The summed E-state index contributed by atoms with van der Waals surface area (Å²) in [5.41, 5.74) is 6.34. The predicted octanol–water partition coefficient (Wildman–Crippen LogP) is 1.50. The van der Waals surface area contributed by atoms with E-state index in [-0.39, 0.29) is 35.1 Å². The number of ether oxygens (including phenoxy) is 1. The van der Waals surface area contributed by atoms with Gasteiger partial charge in [0.25, 0.3) is 11.5 Å². The Balaban J connectivity index is 1.60. The van der Waals surface area contributed by atoms with Crippen molar-refractivity contribution in [2.75, 3.05) is 31.7 Å². The van der Waals surface area contributed by atoms with Crippen molar-refractivity contribution in [3.05, 3.63) is 63.9 Å². The number of para-hydroxylation sites is 1. The van der Waals surface area contributed by atoms with Crippen LogP contribution in [0.2, 0.25) is 0 Å². The number of carbonyl (C=O) groups is 1. The second-order valence-electron chi connectivity index (χ2n) is 7.57. The molecule has 1 fully saturated rings. The first kappa shape index (κ1) is 22.9. The minimum absolute atomic E-state index is 0.0365. The van der Waals surface area contributed by atoms with Gasteiger partial charge in [0.1, 0.15) is 0 Å². The van der Waals surface area contributed by atoms with Gasteiger partial charge in [-0.3, -0.25) is 25.0 Å². The Bertz CT molecular complexity index is 1360. The van der Waals surface area contributed by atoms with Gasteiger partial charge in [0.2, 0.25) is 16.0 Å². The highest BCUT2D eigenvalue weighted by Crippen LogP contribution is 2.21. The number of hydrazine groups is 1. The Hall–Kier alpha value is -3.28. The Morgan fingerprint density at radius 1 is 1.15 bits per heavy atom. The number of hydrogen-bond donors (Lipinski definition) is 2. The molecular weight excluding hydrogens is 446 g/mol. The molecule has 0 radical (unpaired) electrons. The van der Waals surface area contributed by atoms with Crippen LogP contribution in [0.5, 0.6) is 0 Å². The summed E-state index contributed by atoms with van der Waals surface area (Å²) < 4.78 is 33.9. The number of nitrogens with zero attached hydrogens (tertiary/aromatic N) is 3. The van der Waals surface area contributed by atoms with Crippen molar-refractivity contribution < 1.29 is 17.9 Å². The van der Waals surface area contributed by atoms with Gasteiger partial charge in [-0.1, -0.05) is 18.2 Å². The van der Waals surface area contributed by atoms with Crippen LogP contribution in [0.4, 0.5) is 5.95 Å². The average Bonchev–Trinajstić information content (AvgIpc) is 2.83. The molecule has 3 aromatic rings. The summed E-state index contributed by atoms with van der Waals surface area (Å²) >= 11 is 0. The van der Waals surface area contributed by atoms with E-state index in [2.05, 4.69) is 15.8 Å². The van der Waals surface area contributed by atoms with Gasteiger partial charge in [-0.15, -0.1) is 0 Å². The molecule has 1 aromatic heterocycles. The average molecular weight is 472 g/mol. The minimum atomic E-state index is -3.75. The molecule has 1 aliphatic rings. The fourth-order valence-corrected chi connectivity index (χ4v) is 5.11. The van der Waals surface area contributed by atoms with E-state index in [1.165, 1.54) is 21.0 Å². The number of anilines is 1. The fourth-order valence-electron chi connectivity index (χ4n) is 3.68. The van der Waals surface area contributed by atoms with Crippen LogP contribution < -0.4 is 16.4 Å². The molecule has 2 N–H and O–H groups in total. The van der Waals surface area contributed by atoms with Crippen LogP contribution in [0.1, 0.15) is 22.8 Å². The molecule has 0 unspecified atom stereocenters. The van der Waals surface area contributed by atoms with Crippen LogP contribution in [0.25, 0.3) is 10.9 Å². The van der Waals surface area contributed by atoms with Crippen LogP contribution >= 0.6 is 0 Å². The monoisotopic (exact) mass is 471 g/mol. The number of benzene rings is 2. The van der Waals surface area contributed by atoms with E-state index in [1.54, 1.807) is 44.2 Å². The van der Waals surface area contributed by atoms with Crippen molar-refractivity contribution >= 4 is 32.8 Å². The van der Waals surface area contributed by atoms with E-state index in [0.29, 0.717) is 36.2 Å². The maximum absolute atomic E-state index is 13.0. The zero-order valence-corrected chi connectivity index (χ0v) is 19.2. The quantitative estimate of drug-likeness (QED) is 0.523. The summed E-state index contributed by atoms with van der Waals surface area (Å²) in [6, 6.07) is 11.4. The van der Waals surface area contributed by atoms with Gasteiger partial charge in [0.15, 0.2) is 0 Å². The Morgan fingerprint density at radius 3 is 2.61 bits per heavy atom. The lowest BCUT2D eigenvalue weighted by molar-refractivity contribution is 0.0730. The second kappa shape index (κ2) is 9.30. The summed E-state index contributed by atoms with van der Waals surface area (Å²) in [6.45, 7) is 5.07. The summed E-state index contributed by atoms with van der Waals surface area (Å²) in [7, 11) is -3.75. The Morgan fingerprint density at radius 2 is 1.88 bits per heavy atom.